The largest absolute Gasteiger partial charge is 0.399 e. The quantitative estimate of drug-likeness (QED) is 0.710. The number of aromatic nitrogens is 2. The average Bonchev–Trinajstić information content (AvgIpc) is 2.76. The number of nitrogen functional groups attached to an aromatic ring is 1. The number of nitrogens with one attached hydrogen (secondary N) is 2. The maximum absolute atomic E-state index is 12.0. The summed E-state index contributed by atoms with van der Waals surface area (Å²) in [5.74, 6) is 0.514. The number of rotatable bonds is 3. The number of H-pyrrole nitrogens is 1. The first kappa shape index (κ1) is 13.9. The van der Waals surface area contributed by atoms with Gasteiger partial charge in [-0.25, -0.2) is 13.4 Å². The Morgan fingerprint density at radius 3 is 2.95 bits per heavy atom. The van der Waals surface area contributed by atoms with E-state index in [2.05, 4.69) is 15.3 Å². The van der Waals surface area contributed by atoms with Crippen LogP contribution in [0.5, 0.6) is 0 Å². The molecule has 1 aliphatic heterocycles. The summed E-state index contributed by atoms with van der Waals surface area (Å²) in [6.07, 6.45) is 1.33. The second-order valence-corrected chi connectivity index (χ2v) is 7.60. The predicted octanol–water partition coefficient (Wildman–Crippen LogP) is 0.494. The van der Waals surface area contributed by atoms with Gasteiger partial charge in [0.2, 0.25) is 5.95 Å². The molecule has 1 fully saturated rings. The predicted molar refractivity (Wildman–Crippen MR) is 82.1 cm³/mol. The molecule has 1 atom stereocenters. The summed E-state index contributed by atoms with van der Waals surface area (Å²) in [4.78, 5) is 18.8. The first-order valence-corrected chi connectivity index (χ1v) is 8.42. The number of hydrogen-bond acceptors (Lipinski definition) is 6. The zero-order valence-electron chi connectivity index (χ0n) is 11.3. The van der Waals surface area contributed by atoms with E-state index in [-0.39, 0.29) is 23.8 Å². The zero-order chi connectivity index (χ0) is 15.0. The highest BCUT2D eigenvalue weighted by molar-refractivity contribution is 7.92. The van der Waals surface area contributed by atoms with Gasteiger partial charge in [-0.3, -0.25) is 9.78 Å². The zero-order valence-corrected chi connectivity index (χ0v) is 12.1. The second-order valence-electron chi connectivity index (χ2n) is 5.20. The number of hydrogen-bond donors (Lipinski definition) is 3. The summed E-state index contributed by atoms with van der Waals surface area (Å²) < 4.78 is 23.5. The van der Waals surface area contributed by atoms with Crippen molar-refractivity contribution in [1.82, 2.24) is 9.97 Å². The smallest absolute Gasteiger partial charge is 0.260 e. The number of benzene rings is 1. The van der Waals surface area contributed by atoms with Crippen molar-refractivity contribution < 1.29 is 8.42 Å². The SMILES string of the molecule is Nc1ccc2nc(NCC3CCCS3(=O)=O)[nH]c(=O)c2c1. The molecule has 0 amide bonds. The summed E-state index contributed by atoms with van der Waals surface area (Å²) in [6.45, 7) is 0.256. The molecule has 2 aromatic rings. The van der Waals surface area contributed by atoms with Crippen molar-refractivity contribution >= 4 is 32.4 Å². The minimum Gasteiger partial charge on any atom is -0.399 e. The minimum absolute atomic E-state index is 0.236. The fraction of sp³-hybridized carbons (Fsp3) is 0.385. The molecule has 0 saturated carbocycles. The lowest BCUT2D eigenvalue weighted by atomic mass is 10.2. The molecule has 21 heavy (non-hydrogen) atoms. The van der Waals surface area contributed by atoms with Gasteiger partial charge in [0.1, 0.15) is 0 Å². The molecule has 1 aliphatic rings. The fourth-order valence-corrected chi connectivity index (χ4v) is 4.30. The van der Waals surface area contributed by atoms with Crippen LogP contribution in [0.1, 0.15) is 12.8 Å². The minimum atomic E-state index is -3.01. The Morgan fingerprint density at radius 1 is 1.43 bits per heavy atom. The van der Waals surface area contributed by atoms with Crippen molar-refractivity contribution in [2.45, 2.75) is 18.1 Å². The summed E-state index contributed by atoms with van der Waals surface area (Å²) in [5, 5.41) is 2.91. The average molecular weight is 308 g/mol. The summed E-state index contributed by atoms with van der Waals surface area (Å²) >= 11 is 0. The molecule has 8 heteroatoms. The Balaban J connectivity index is 1.85. The van der Waals surface area contributed by atoms with Gasteiger partial charge in [0, 0.05) is 12.2 Å². The van der Waals surface area contributed by atoms with Gasteiger partial charge in [0.05, 0.1) is 21.9 Å². The summed E-state index contributed by atoms with van der Waals surface area (Å²) in [6, 6.07) is 4.89. The van der Waals surface area contributed by atoms with E-state index in [1.54, 1.807) is 18.2 Å². The molecule has 0 bridgehead atoms. The van der Waals surface area contributed by atoms with Gasteiger partial charge >= 0.3 is 0 Å². The molecule has 1 aromatic carbocycles. The first-order chi connectivity index (χ1) is 9.95. The second kappa shape index (κ2) is 5.03. The topological polar surface area (TPSA) is 118 Å². The van der Waals surface area contributed by atoms with E-state index in [0.29, 0.717) is 29.4 Å². The van der Waals surface area contributed by atoms with Crippen molar-refractivity contribution in [2.75, 3.05) is 23.3 Å². The first-order valence-electron chi connectivity index (χ1n) is 6.71. The molecule has 1 unspecified atom stereocenters. The van der Waals surface area contributed by atoms with Crippen molar-refractivity contribution in [1.29, 1.82) is 0 Å². The molecule has 0 spiro atoms. The molecule has 1 saturated heterocycles. The van der Waals surface area contributed by atoms with E-state index in [1.807, 2.05) is 0 Å². The van der Waals surface area contributed by atoms with E-state index in [1.165, 1.54) is 0 Å². The number of fused-ring (bicyclic) bond motifs is 1. The van der Waals surface area contributed by atoms with Gasteiger partial charge in [-0.05, 0) is 31.0 Å². The number of nitrogens with two attached hydrogens (primary N) is 1. The normalized spacial score (nSPS) is 20.7. The lowest BCUT2D eigenvalue weighted by Crippen LogP contribution is -2.26. The highest BCUT2D eigenvalue weighted by Gasteiger charge is 2.30. The van der Waals surface area contributed by atoms with Crippen LogP contribution in [0.15, 0.2) is 23.0 Å². The lowest BCUT2D eigenvalue weighted by Gasteiger charge is -2.11. The van der Waals surface area contributed by atoms with Crippen LogP contribution in [-0.2, 0) is 9.84 Å². The van der Waals surface area contributed by atoms with Gasteiger partial charge in [0.25, 0.3) is 5.56 Å². The molecule has 2 heterocycles. The van der Waals surface area contributed by atoms with Crippen LogP contribution in [0.4, 0.5) is 11.6 Å². The van der Waals surface area contributed by atoms with Crippen molar-refractivity contribution in [3.8, 4) is 0 Å². The molecule has 1 aromatic heterocycles. The molecular weight excluding hydrogens is 292 g/mol. The Bertz CT molecular complexity index is 844. The highest BCUT2D eigenvalue weighted by atomic mass is 32.2. The Hall–Kier alpha value is -2.09. The maximum atomic E-state index is 12.0. The lowest BCUT2D eigenvalue weighted by molar-refractivity contribution is 0.591. The molecule has 3 rings (SSSR count). The van der Waals surface area contributed by atoms with E-state index in [0.717, 1.165) is 0 Å². The monoisotopic (exact) mass is 308 g/mol. The Labute approximate surface area is 121 Å². The van der Waals surface area contributed by atoms with Gasteiger partial charge in [0.15, 0.2) is 9.84 Å². The van der Waals surface area contributed by atoms with Crippen LogP contribution in [0.3, 0.4) is 0 Å². The van der Waals surface area contributed by atoms with Crippen LogP contribution in [-0.4, -0.2) is 35.9 Å². The Morgan fingerprint density at radius 2 is 2.24 bits per heavy atom. The third kappa shape index (κ3) is 2.71. The van der Waals surface area contributed by atoms with Crippen LogP contribution < -0.4 is 16.6 Å². The Kier molecular flexibility index (Phi) is 3.32. The van der Waals surface area contributed by atoms with Crippen LogP contribution in [0, 0.1) is 0 Å². The maximum Gasteiger partial charge on any atom is 0.260 e. The van der Waals surface area contributed by atoms with Crippen LogP contribution in [0.25, 0.3) is 10.9 Å². The number of nitrogens with zero attached hydrogens (tertiary/aromatic N) is 1. The number of sulfone groups is 1. The fourth-order valence-electron chi connectivity index (χ4n) is 2.54. The molecule has 0 aliphatic carbocycles. The number of anilines is 2. The highest BCUT2D eigenvalue weighted by Crippen LogP contribution is 2.20. The van der Waals surface area contributed by atoms with Gasteiger partial charge in [-0.1, -0.05) is 0 Å². The third-order valence-electron chi connectivity index (χ3n) is 3.69. The molecule has 0 radical (unpaired) electrons. The van der Waals surface area contributed by atoms with Gasteiger partial charge in [-0.15, -0.1) is 0 Å². The van der Waals surface area contributed by atoms with Crippen molar-refractivity contribution in [3.63, 3.8) is 0 Å². The van der Waals surface area contributed by atoms with Crippen molar-refractivity contribution in [3.05, 3.63) is 28.6 Å². The summed E-state index contributed by atoms with van der Waals surface area (Å²) in [7, 11) is -3.01. The molecule has 7 nitrogen and oxygen atoms in total. The van der Waals surface area contributed by atoms with E-state index >= 15 is 0 Å². The number of aromatic amines is 1. The van der Waals surface area contributed by atoms with Crippen LogP contribution in [0.2, 0.25) is 0 Å². The van der Waals surface area contributed by atoms with E-state index in [9.17, 15) is 13.2 Å². The van der Waals surface area contributed by atoms with Crippen LogP contribution >= 0.6 is 0 Å². The van der Waals surface area contributed by atoms with Gasteiger partial charge in [-0.2, -0.15) is 0 Å². The summed E-state index contributed by atoms with van der Waals surface area (Å²) in [5.41, 5.74) is 6.35. The molecular formula is C13H16N4O3S. The van der Waals surface area contributed by atoms with E-state index < -0.39 is 15.1 Å². The van der Waals surface area contributed by atoms with Crippen molar-refractivity contribution in [2.24, 2.45) is 0 Å². The third-order valence-corrected chi connectivity index (χ3v) is 5.97. The molecule has 4 N–H and O–H groups in total. The van der Waals surface area contributed by atoms with E-state index in [4.69, 9.17) is 5.73 Å². The molecule has 112 valence electrons. The van der Waals surface area contributed by atoms with Gasteiger partial charge < -0.3 is 11.1 Å². The standard InChI is InChI=1S/C13H16N4O3S/c14-8-3-4-11-10(6-8)12(18)17-13(16-11)15-7-9-2-1-5-21(9,19)20/h3-4,6,9H,1-2,5,7,14H2,(H2,15,16,17,18).